The van der Waals surface area contributed by atoms with Crippen LogP contribution in [0.4, 0.5) is 0 Å². The molecule has 0 radical (unpaired) electrons. The Hall–Kier alpha value is -2.65. The van der Waals surface area contributed by atoms with E-state index in [4.69, 9.17) is 0 Å². The third-order valence-electron chi connectivity index (χ3n) is 3.78. The number of hydrogen-bond acceptors (Lipinski definition) is 2. The minimum Gasteiger partial charge on any atom is -0.218 e. The predicted octanol–water partition coefficient (Wildman–Crippen LogP) is 4.97. The van der Waals surface area contributed by atoms with E-state index in [2.05, 4.69) is 0 Å². The summed E-state index contributed by atoms with van der Waals surface area (Å²) in [5.41, 5.74) is 2.57. The molecule has 3 aromatic carbocycles. The number of benzene rings is 3. The zero-order chi connectivity index (χ0) is 17.0. The van der Waals surface area contributed by atoms with Crippen molar-refractivity contribution in [2.75, 3.05) is 0 Å². The molecule has 0 bridgehead atoms. The van der Waals surface area contributed by atoms with E-state index >= 15 is 0 Å². The average Bonchev–Trinajstić information content (AvgIpc) is 2.61. The van der Waals surface area contributed by atoms with Crippen LogP contribution in [-0.2, 0) is 9.84 Å². The lowest BCUT2D eigenvalue weighted by molar-refractivity contribution is 0.606. The highest BCUT2D eigenvalue weighted by molar-refractivity contribution is 8.00. The first-order chi connectivity index (χ1) is 11.6. The molecule has 3 heteroatoms. The second-order valence-corrected chi connectivity index (χ2v) is 7.52. The molecule has 3 aromatic rings. The monoisotopic (exact) mass is 334 g/mol. The van der Waals surface area contributed by atoms with E-state index in [0.717, 1.165) is 11.1 Å². The molecule has 0 aliphatic heterocycles. The van der Waals surface area contributed by atoms with Gasteiger partial charge in [0.05, 0.1) is 9.80 Å². The van der Waals surface area contributed by atoms with Gasteiger partial charge in [-0.05, 0) is 36.3 Å². The van der Waals surface area contributed by atoms with Crippen molar-refractivity contribution in [3.05, 3.63) is 102 Å². The molecule has 0 unspecified atom stereocenters. The van der Waals surface area contributed by atoms with Gasteiger partial charge in [-0.25, -0.2) is 8.42 Å². The summed E-state index contributed by atoms with van der Waals surface area (Å²) in [4.78, 5) is 0.609. The van der Waals surface area contributed by atoms with Crippen molar-refractivity contribution in [2.24, 2.45) is 0 Å². The zero-order valence-corrected chi connectivity index (χ0v) is 14.2. The SMILES string of the molecule is Cc1ccc(S(=O)(=O)C(=Cc2ccccc2)c2ccccc2)cc1. The third-order valence-corrected chi connectivity index (χ3v) is 5.60. The van der Waals surface area contributed by atoms with Crippen LogP contribution in [0.3, 0.4) is 0 Å². The Balaban J connectivity index is 2.18. The van der Waals surface area contributed by atoms with Crippen molar-refractivity contribution < 1.29 is 8.42 Å². The summed E-state index contributed by atoms with van der Waals surface area (Å²) in [5.74, 6) is 0. The first-order valence-electron chi connectivity index (χ1n) is 7.71. The average molecular weight is 334 g/mol. The highest BCUT2D eigenvalue weighted by Crippen LogP contribution is 2.30. The van der Waals surface area contributed by atoms with Crippen LogP contribution >= 0.6 is 0 Å². The second-order valence-electron chi connectivity index (χ2n) is 5.60. The van der Waals surface area contributed by atoms with Gasteiger partial charge in [0.15, 0.2) is 0 Å². The lowest BCUT2D eigenvalue weighted by Gasteiger charge is -2.10. The summed E-state index contributed by atoms with van der Waals surface area (Å²) >= 11 is 0. The Morgan fingerprint density at radius 1 is 0.750 bits per heavy atom. The second kappa shape index (κ2) is 6.85. The van der Waals surface area contributed by atoms with Crippen LogP contribution < -0.4 is 0 Å². The van der Waals surface area contributed by atoms with Crippen LogP contribution in [0.1, 0.15) is 16.7 Å². The number of aryl methyl sites for hydroxylation is 1. The predicted molar refractivity (Wildman–Crippen MR) is 99.1 cm³/mol. The molecular weight excluding hydrogens is 316 g/mol. The molecule has 0 aromatic heterocycles. The van der Waals surface area contributed by atoms with Crippen molar-refractivity contribution in [3.8, 4) is 0 Å². The van der Waals surface area contributed by atoms with Crippen LogP contribution in [0.2, 0.25) is 0 Å². The summed E-state index contributed by atoms with van der Waals surface area (Å²) in [6.07, 6.45) is 1.73. The fourth-order valence-corrected chi connectivity index (χ4v) is 3.95. The van der Waals surface area contributed by atoms with Crippen LogP contribution in [-0.4, -0.2) is 8.42 Å². The molecule has 0 aliphatic carbocycles. The number of rotatable bonds is 4. The fourth-order valence-electron chi connectivity index (χ4n) is 2.46. The van der Waals surface area contributed by atoms with Gasteiger partial charge in [0, 0.05) is 0 Å². The van der Waals surface area contributed by atoms with Crippen LogP contribution in [0.15, 0.2) is 89.8 Å². The molecule has 2 nitrogen and oxygen atoms in total. The molecule has 0 spiro atoms. The summed E-state index contributed by atoms with van der Waals surface area (Å²) in [6.45, 7) is 1.94. The molecule has 0 saturated carbocycles. The molecule has 24 heavy (non-hydrogen) atoms. The van der Waals surface area contributed by atoms with Crippen LogP contribution in [0, 0.1) is 6.92 Å². The minimum absolute atomic E-state index is 0.304. The summed E-state index contributed by atoms with van der Waals surface area (Å²) < 4.78 is 26.4. The molecule has 0 fully saturated rings. The van der Waals surface area contributed by atoms with E-state index < -0.39 is 9.84 Å². The molecular formula is C21H18O2S. The van der Waals surface area contributed by atoms with Crippen molar-refractivity contribution in [1.29, 1.82) is 0 Å². The van der Waals surface area contributed by atoms with Gasteiger partial charge in [-0.2, -0.15) is 0 Å². The van der Waals surface area contributed by atoms with Gasteiger partial charge in [0.1, 0.15) is 0 Å². The van der Waals surface area contributed by atoms with Gasteiger partial charge in [-0.15, -0.1) is 0 Å². The molecule has 0 amide bonds. The quantitative estimate of drug-likeness (QED) is 0.632. The molecule has 120 valence electrons. The Morgan fingerprint density at radius 3 is 1.88 bits per heavy atom. The van der Waals surface area contributed by atoms with Gasteiger partial charge >= 0.3 is 0 Å². The molecule has 0 N–H and O–H groups in total. The molecule has 0 atom stereocenters. The van der Waals surface area contributed by atoms with E-state index in [0.29, 0.717) is 15.4 Å². The van der Waals surface area contributed by atoms with Gasteiger partial charge in [-0.1, -0.05) is 78.4 Å². The van der Waals surface area contributed by atoms with Crippen LogP contribution in [0.25, 0.3) is 11.0 Å². The number of hydrogen-bond donors (Lipinski definition) is 0. The third kappa shape index (κ3) is 3.47. The topological polar surface area (TPSA) is 34.1 Å². The van der Waals surface area contributed by atoms with Gasteiger partial charge in [0.2, 0.25) is 9.84 Å². The van der Waals surface area contributed by atoms with Crippen molar-refractivity contribution >= 4 is 20.8 Å². The summed E-state index contributed by atoms with van der Waals surface area (Å²) in [6, 6.07) is 25.7. The van der Waals surface area contributed by atoms with Gasteiger partial charge in [-0.3, -0.25) is 0 Å². The Bertz CT molecular complexity index is 940. The first kappa shape index (κ1) is 16.2. The van der Waals surface area contributed by atoms with E-state index in [9.17, 15) is 8.42 Å². The van der Waals surface area contributed by atoms with Crippen LogP contribution in [0.5, 0.6) is 0 Å². The summed E-state index contributed by atoms with van der Waals surface area (Å²) in [5, 5.41) is 0. The highest BCUT2D eigenvalue weighted by atomic mass is 32.2. The maximum Gasteiger partial charge on any atom is 0.207 e. The molecule has 0 aliphatic rings. The lowest BCUT2D eigenvalue weighted by Crippen LogP contribution is -2.04. The molecule has 0 heterocycles. The smallest absolute Gasteiger partial charge is 0.207 e. The standard InChI is InChI=1S/C21H18O2S/c1-17-12-14-20(15-13-17)24(22,23)21(19-10-6-3-7-11-19)16-18-8-4-2-5-9-18/h2-16H,1H3. The number of sulfone groups is 1. The maximum absolute atomic E-state index is 13.2. The maximum atomic E-state index is 13.2. The van der Waals surface area contributed by atoms with Crippen molar-refractivity contribution in [1.82, 2.24) is 0 Å². The first-order valence-corrected chi connectivity index (χ1v) is 9.19. The van der Waals surface area contributed by atoms with E-state index in [1.54, 1.807) is 18.2 Å². The van der Waals surface area contributed by atoms with E-state index in [1.807, 2.05) is 79.7 Å². The van der Waals surface area contributed by atoms with Crippen molar-refractivity contribution in [3.63, 3.8) is 0 Å². The minimum atomic E-state index is -3.61. The Labute approximate surface area is 143 Å². The largest absolute Gasteiger partial charge is 0.218 e. The van der Waals surface area contributed by atoms with E-state index in [1.165, 1.54) is 0 Å². The molecule has 3 rings (SSSR count). The van der Waals surface area contributed by atoms with Gasteiger partial charge < -0.3 is 0 Å². The summed E-state index contributed by atoms with van der Waals surface area (Å²) in [7, 11) is -3.61. The lowest BCUT2D eigenvalue weighted by atomic mass is 10.1. The van der Waals surface area contributed by atoms with E-state index in [-0.39, 0.29) is 0 Å². The normalized spacial score (nSPS) is 12.1. The zero-order valence-electron chi connectivity index (χ0n) is 13.4. The molecule has 0 saturated heterocycles. The highest BCUT2D eigenvalue weighted by Gasteiger charge is 2.22. The Kier molecular flexibility index (Phi) is 4.63. The fraction of sp³-hybridized carbons (Fsp3) is 0.0476. The van der Waals surface area contributed by atoms with Crippen molar-refractivity contribution in [2.45, 2.75) is 11.8 Å². The van der Waals surface area contributed by atoms with Gasteiger partial charge in [0.25, 0.3) is 0 Å². The Morgan fingerprint density at radius 2 is 1.29 bits per heavy atom.